The molecular weight excluding hydrogens is 444 g/mol. The standard InChI is InChI=1S/C32H44N2O2/c1-4-6-7-8-9-25-10-12-26(13-11-25)14-15-27-16-21-30(34-23-27)28-17-19-29(20-18-28)36-31(35)32(3,24-33)22-5-2/h16-21,23,25-26H,4-15,22H2,1-3H3. The Kier molecular flexibility index (Phi) is 11.0. The minimum atomic E-state index is -1.11. The average Bonchev–Trinajstić information content (AvgIpc) is 2.91. The second-order valence-electron chi connectivity index (χ2n) is 10.9. The van der Waals surface area contributed by atoms with Crippen LogP contribution in [0.15, 0.2) is 42.6 Å². The van der Waals surface area contributed by atoms with Gasteiger partial charge < -0.3 is 4.74 Å². The van der Waals surface area contributed by atoms with E-state index in [1.165, 1.54) is 69.8 Å². The number of hydrogen-bond acceptors (Lipinski definition) is 4. The molecule has 1 unspecified atom stereocenters. The van der Waals surface area contributed by atoms with Gasteiger partial charge in [0, 0.05) is 11.8 Å². The van der Waals surface area contributed by atoms with Crippen molar-refractivity contribution in [2.24, 2.45) is 17.3 Å². The van der Waals surface area contributed by atoms with Crippen LogP contribution in [0.4, 0.5) is 0 Å². The summed E-state index contributed by atoms with van der Waals surface area (Å²) in [6.07, 6.45) is 18.3. The first-order chi connectivity index (χ1) is 17.5. The van der Waals surface area contributed by atoms with Gasteiger partial charge in [-0.2, -0.15) is 5.26 Å². The number of carbonyl (C=O) groups excluding carboxylic acids is 1. The Morgan fingerprint density at radius 1 is 0.972 bits per heavy atom. The number of nitrogens with zero attached hydrogens (tertiary/aromatic N) is 2. The van der Waals surface area contributed by atoms with Crippen LogP contribution in [0.3, 0.4) is 0 Å². The zero-order valence-corrected chi connectivity index (χ0v) is 22.6. The van der Waals surface area contributed by atoms with Gasteiger partial charge in [-0.1, -0.05) is 84.1 Å². The molecule has 1 saturated carbocycles. The van der Waals surface area contributed by atoms with Crippen molar-refractivity contribution in [3.05, 3.63) is 48.2 Å². The van der Waals surface area contributed by atoms with E-state index in [-0.39, 0.29) is 0 Å². The van der Waals surface area contributed by atoms with Crippen molar-refractivity contribution in [1.29, 1.82) is 5.26 Å². The molecule has 4 heteroatoms. The van der Waals surface area contributed by atoms with Crippen molar-refractivity contribution in [3.8, 4) is 23.1 Å². The van der Waals surface area contributed by atoms with Crippen LogP contribution in [0.5, 0.6) is 5.75 Å². The molecule has 1 atom stereocenters. The molecule has 1 aromatic heterocycles. The van der Waals surface area contributed by atoms with Crippen molar-refractivity contribution in [2.45, 2.75) is 104 Å². The van der Waals surface area contributed by atoms with Crippen LogP contribution in [0, 0.1) is 28.6 Å². The molecule has 1 aromatic carbocycles. The second-order valence-corrected chi connectivity index (χ2v) is 10.9. The van der Waals surface area contributed by atoms with Crippen molar-refractivity contribution in [3.63, 3.8) is 0 Å². The summed E-state index contributed by atoms with van der Waals surface area (Å²) in [4.78, 5) is 17.1. The predicted molar refractivity (Wildman–Crippen MR) is 146 cm³/mol. The number of rotatable bonds is 13. The average molecular weight is 489 g/mol. The highest BCUT2D eigenvalue weighted by Gasteiger charge is 2.34. The summed E-state index contributed by atoms with van der Waals surface area (Å²) in [5.74, 6) is 1.80. The van der Waals surface area contributed by atoms with Gasteiger partial charge in [-0.15, -0.1) is 0 Å². The minimum Gasteiger partial charge on any atom is -0.425 e. The molecule has 0 saturated heterocycles. The third kappa shape index (κ3) is 8.19. The Hall–Kier alpha value is -2.67. The summed E-state index contributed by atoms with van der Waals surface area (Å²) in [6.45, 7) is 5.88. The van der Waals surface area contributed by atoms with E-state index in [1.54, 1.807) is 19.1 Å². The number of nitriles is 1. The van der Waals surface area contributed by atoms with Crippen molar-refractivity contribution in [2.75, 3.05) is 0 Å². The first-order valence-corrected chi connectivity index (χ1v) is 14.2. The molecule has 4 nitrogen and oxygen atoms in total. The fraction of sp³-hybridized carbons (Fsp3) is 0.594. The van der Waals surface area contributed by atoms with Crippen molar-refractivity contribution < 1.29 is 9.53 Å². The number of aryl methyl sites for hydroxylation is 1. The molecule has 3 rings (SSSR count). The quantitative estimate of drug-likeness (QED) is 0.161. The van der Waals surface area contributed by atoms with E-state index in [0.717, 1.165) is 35.9 Å². The summed E-state index contributed by atoms with van der Waals surface area (Å²) in [5, 5.41) is 9.39. The fourth-order valence-corrected chi connectivity index (χ4v) is 5.40. The highest BCUT2D eigenvalue weighted by atomic mass is 16.5. The molecule has 2 aromatic rings. The minimum absolute atomic E-state index is 0.452. The highest BCUT2D eigenvalue weighted by Crippen LogP contribution is 2.34. The maximum atomic E-state index is 12.4. The van der Waals surface area contributed by atoms with E-state index in [0.29, 0.717) is 12.2 Å². The van der Waals surface area contributed by atoms with E-state index in [4.69, 9.17) is 9.72 Å². The molecule has 0 bridgehead atoms. The van der Waals surface area contributed by atoms with Gasteiger partial charge in [0.05, 0.1) is 11.8 Å². The van der Waals surface area contributed by atoms with Gasteiger partial charge in [-0.25, -0.2) is 4.79 Å². The Labute approximate surface area is 218 Å². The number of aromatic nitrogens is 1. The van der Waals surface area contributed by atoms with Gasteiger partial charge >= 0.3 is 5.97 Å². The predicted octanol–water partition coefficient (Wildman–Crippen LogP) is 8.69. The van der Waals surface area contributed by atoms with Gasteiger partial charge in [0.2, 0.25) is 0 Å². The summed E-state index contributed by atoms with van der Waals surface area (Å²) in [6, 6.07) is 13.7. The van der Waals surface area contributed by atoms with Crippen LogP contribution in [0.25, 0.3) is 11.3 Å². The Bertz CT molecular complexity index is 969. The third-order valence-electron chi connectivity index (χ3n) is 7.91. The molecule has 194 valence electrons. The van der Waals surface area contributed by atoms with Crippen LogP contribution in [0.2, 0.25) is 0 Å². The molecule has 1 aliphatic rings. The number of pyridine rings is 1. The highest BCUT2D eigenvalue weighted by molar-refractivity contribution is 5.81. The lowest BCUT2D eigenvalue weighted by atomic mass is 9.78. The molecule has 0 N–H and O–H groups in total. The Morgan fingerprint density at radius 3 is 2.25 bits per heavy atom. The molecule has 0 aliphatic heterocycles. The van der Waals surface area contributed by atoms with Gasteiger partial charge in [0.25, 0.3) is 0 Å². The zero-order valence-electron chi connectivity index (χ0n) is 22.6. The summed E-state index contributed by atoms with van der Waals surface area (Å²) >= 11 is 0. The number of esters is 1. The van der Waals surface area contributed by atoms with Crippen molar-refractivity contribution >= 4 is 5.97 Å². The topological polar surface area (TPSA) is 63.0 Å². The normalized spacial score (nSPS) is 19.3. The monoisotopic (exact) mass is 488 g/mol. The van der Waals surface area contributed by atoms with Crippen LogP contribution in [0.1, 0.15) is 103 Å². The molecule has 1 aliphatic carbocycles. The van der Waals surface area contributed by atoms with Gasteiger partial charge in [0.15, 0.2) is 5.41 Å². The molecule has 36 heavy (non-hydrogen) atoms. The molecule has 0 spiro atoms. The largest absolute Gasteiger partial charge is 0.425 e. The van der Waals surface area contributed by atoms with E-state index in [9.17, 15) is 10.1 Å². The lowest BCUT2D eigenvalue weighted by Gasteiger charge is -2.28. The smallest absolute Gasteiger partial charge is 0.331 e. The summed E-state index contributed by atoms with van der Waals surface area (Å²) < 4.78 is 5.48. The SMILES string of the molecule is CCCCCCC1CCC(CCc2ccc(-c3ccc(OC(=O)C(C)(C#N)CCC)cc3)nc2)CC1. The van der Waals surface area contributed by atoms with Crippen LogP contribution < -0.4 is 4.74 Å². The van der Waals surface area contributed by atoms with E-state index >= 15 is 0 Å². The lowest BCUT2D eigenvalue weighted by Crippen LogP contribution is -2.30. The number of unbranched alkanes of at least 4 members (excludes halogenated alkanes) is 3. The van der Waals surface area contributed by atoms with E-state index in [2.05, 4.69) is 25.1 Å². The maximum absolute atomic E-state index is 12.4. The number of hydrogen-bond donors (Lipinski definition) is 0. The summed E-state index contributed by atoms with van der Waals surface area (Å²) in [5.41, 5.74) is 2.08. The Balaban J connectivity index is 1.44. The van der Waals surface area contributed by atoms with E-state index < -0.39 is 11.4 Å². The first-order valence-electron chi connectivity index (χ1n) is 14.2. The van der Waals surface area contributed by atoms with Crippen LogP contribution >= 0.6 is 0 Å². The van der Waals surface area contributed by atoms with Gasteiger partial charge in [-0.3, -0.25) is 4.98 Å². The molecule has 1 heterocycles. The van der Waals surface area contributed by atoms with Gasteiger partial charge in [-0.05, 0) is 73.9 Å². The molecular formula is C32H44N2O2. The van der Waals surface area contributed by atoms with Crippen molar-refractivity contribution in [1.82, 2.24) is 4.98 Å². The zero-order chi connectivity index (χ0) is 25.8. The molecule has 0 amide bonds. The Morgan fingerprint density at radius 2 is 1.67 bits per heavy atom. The first kappa shape index (κ1) is 27.9. The van der Waals surface area contributed by atoms with Crippen LogP contribution in [-0.4, -0.2) is 11.0 Å². The van der Waals surface area contributed by atoms with Crippen LogP contribution in [-0.2, 0) is 11.2 Å². The lowest BCUT2D eigenvalue weighted by molar-refractivity contribution is -0.142. The maximum Gasteiger partial charge on any atom is 0.331 e. The fourth-order valence-electron chi connectivity index (χ4n) is 5.40. The second kappa shape index (κ2) is 14.2. The third-order valence-corrected chi connectivity index (χ3v) is 7.91. The number of benzene rings is 1. The summed E-state index contributed by atoms with van der Waals surface area (Å²) in [7, 11) is 0. The number of ether oxygens (including phenoxy) is 1. The number of carbonyl (C=O) groups is 1. The van der Waals surface area contributed by atoms with E-state index in [1.807, 2.05) is 25.3 Å². The van der Waals surface area contributed by atoms with Gasteiger partial charge in [0.1, 0.15) is 5.75 Å². The molecule has 1 fully saturated rings. The molecule has 0 radical (unpaired) electrons.